The molecule has 0 atom stereocenters. The highest BCUT2D eigenvalue weighted by Gasteiger charge is 2.23. The molecule has 2 nitrogen and oxygen atoms in total. The smallest absolute Gasteiger partial charge is 0.168 e. The van der Waals surface area contributed by atoms with Gasteiger partial charge in [0, 0.05) is 27.2 Å². The summed E-state index contributed by atoms with van der Waals surface area (Å²) in [6.07, 6.45) is -0.969. The van der Waals surface area contributed by atoms with Gasteiger partial charge in [-0.1, -0.05) is 20.8 Å². The van der Waals surface area contributed by atoms with Crippen molar-refractivity contribution < 1.29 is 21.0 Å². The van der Waals surface area contributed by atoms with E-state index in [0.717, 1.165) is 12.1 Å². The van der Waals surface area contributed by atoms with E-state index in [9.17, 15) is 8.78 Å². The van der Waals surface area contributed by atoms with E-state index in [1.807, 2.05) is 0 Å². The Kier molecular flexibility index (Phi) is 3.82. The summed E-state index contributed by atoms with van der Waals surface area (Å²) in [4.78, 5) is 0. The van der Waals surface area contributed by atoms with Gasteiger partial charge in [-0.3, -0.25) is 0 Å². The Hall–Kier alpha value is -1.16. The first kappa shape index (κ1) is 12.6. The summed E-state index contributed by atoms with van der Waals surface area (Å²) in [5, 5.41) is 0. The molecule has 20 heavy (non-hydrogen) atoms. The molecule has 0 aliphatic carbocycles. The zero-order valence-corrected chi connectivity index (χ0v) is 12.1. The van der Waals surface area contributed by atoms with Crippen LogP contribution in [0.3, 0.4) is 0 Å². The standard InChI is InChI=1S/C16H22F2O2/c1-16(2,3)10-11-8-12(17)9-14(18)15(11)20-13-4-6-19-7-5-13/h8-9,13H,4-7,10H2,1-3H3/i10D2. The lowest BCUT2D eigenvalue weighted by Crippen LogP contribution is -2.27. The Bertz CT molecular complexity index is 536. The van der Waals surface area contributed by atoms with Gasteiger partial charge in [-0.15, -0.1) is 0 Å². The van der Waals surface area contributed by atoms with Gasteiger partial charge in [0.05, 0.1) is 13.2 Å². The van der Waals surface area contributed by atoms with Crippen LogP contribution < -0.4 is 4.74 Å². The molecule has 1 aromatic carbocycles. The molecule has 1 aromatic rings. The lowest BCUT2D eigenvalue weighted by Gasteiger charge is -2.26. The maximum absolute atomic E-state index is 14.2. The van der Waals surface area contributed by atoms with Crippen LogP contribution >= 0.6 is 0 Å². The zero-order valence-electron chi connectivity index (χ0n) is 14.1. The van der Waals surface area contributed by atoms with E-state index in [2.05, 4.69) is 0 Å². The molecule has 0 spiro atoms. The number of benzene rings is 1. The first-order chi connectivity index (χ1) is 10.1. The molecule has 1 aliphatic heterocycles. The number of hydrogen-bond donors (Lipinski definition) is 0. The summed E-state index contributed by atoms with van der Waals surface area (Å²) in [5.41, 5.74) is -0.912. The van der Waals surface area contributed by atoms with Gasteiger partial charge >= 0.3 is 0 Å². The van der Waals surface area contributed by atoms with Crippen LogP contribution in [0.5, 0.6) is 5.75 Å². The average molecular weight is 286 g/mol. The first-order valence-corrected chi connectivity index (χ1v) is 6.87. The first-order valence-electron chi connectivity index (χ1n) is 7.87. The minimum atomic E-state index is -1.93. The molecule has 0 bridgehead atoms. The second-order valence-electron chi connectivity index (χ2n) is 6.07. The maximum Gasteiger partial charge on any atom is 0.168 e. The summed E-state index contributed by atoms with van der Waals surface area (Å²) in [5.74, 6) is -1.86. The minimum Gasteiger partial charge on any atom is -0.487 e. The Balaban J connectivity index is 2.43. The Labute approximate surface area is 121 Å². The summed E-state index contributed by atoms with van der Waals surface area (Å²) >= 11 is 0. The van der Waals surface area contributed by atoms with E-state index in [1.165, 1.54) is 0 Å². The van der Waals surface area contributed by atoms with Crippen LogP contribution in [-0.4, -0.2) is 19.3 Å². The SMILES string of the molecule is [2H]C([2H])(c1cc(F)cc(F)c1OC1CCOCC1)C(C)(C)C. The third-order valence-electron chi connectivity index (χ3n) is 2.97. The fourth-order valence-corrected chi connectivity index (χ4v) is 2.14. The minimum absolute atomic E-state index is 0.0796. The van der Waals surface area contributed by atoms with Crippen LogP contribution in [0.4, 0.5) is 8.78 Å². The second kappa shape index (κ2) is 6.08. The van der Waals surface area contributed by atoms with Crippen LogP contribution in [-0.2, 0) is 11.1 Å². The van der Waals surface area contributed by atoms with Crippen molar-refractivity contribution >= 4 is 0 Å². The highest BCUT2D eigenvalue weighted by molar-refractivity contribution is 5.36. The van der Waals surface area contributed by atoms with Crippen molar-refractivity contribution in [1.29, 1.82) is 0 Å². The van der Waals surface area contributed by atoms with Crippen molar-refractivity contribution in [2.45, 2.75) is 46.1 Å². The third-order valence-corrected chi connectivity index (χ3v) is 2.97. The highest BCUT2D eigenvalue weighted by atomic mass is 19.1. The van der Waals surface area contributed by atoms with Crippen molar-refractivity contribution in [2.75, 3.05) is 13.2 Å². The van der Waals surface area contributed by atoms with Crippen LogP contribution in [0.25, 0.3) is 0 Å². The Morgan fingerprint density at radius 2 is 1.95 bits per heavy atom. The molecule has 1 aliphatic rings. The van der Waals surface area contributed by atoms with E-state index in [-0.39, 0.29) is 17.4 Å². The Morgan fingerprint density at radius 3 is 2.55 bits per heavy atom. The monoisotopic (exact) mass is 286 g/mol. The van der Waals surface area contributed by atoms with Gasteiger partial charge in [0.25, 0.3) is 0 Å². The van der Waals surface area contributed by atoms with Crippen molar-refractivity contribution in [2.24, 2.45) is 5.41 Å². The van der Waals surface area contributed by atoms with Gasteiger partial charge in [-0.05, 0) is 17.9 Å². The van der Waals surface area contributed by atoms with E-state index in [4.69, 9.17) is 12.2 Å². The molecule has 2 rings (SSSR count). The molecule has 4 heteroatoms. The molecule has 0 radical (unpaired) electrons. The lowest BCUT2D eigenvalue weighted by atomic mass is 9.87. The van der Waals surface area contributed by atoms with Gasteiger partial charge in [-0.2, -0.15) is 0 Å². The van der Waals surface area contributed by atoms with Gasteiger partial charge in [0.15, 0.2) is 11.6 Å². The van der Waals surface area contributed by atoms with Crippen molar-refractivity contribution in [3.05, 3.63) is 29.3 Å². The molecule has 0 saturated carbocycles. The quantitative estimate of drug-likeness (QED) is 0.832. The van der Waals surface area contributed by atoms with Crippen molar-refractivity contribution in [1.82, 2.24) is 0 Å². The molecule has 0 unspecified atom stereocenters. The predicted molar refractivity (Wildman–Crippen MR) is 74.0 cm³/mol. The number of halogens is 2. The van der Waals surface area contributed by atoms with E-state index < -0.39 is 23.4 Å². The van der Waals surface area contributed by atoms with E-state index in [0.29, 0.717) is 26.1 Å². The van der Waals surface area contributed by atoms with Crippen LogP contribution in [0.2, 0.25) is 0 Å². The fourth-order valence-electron chi connectivity index (χ4n) is 2.14. The summed E-state index contributed by atoms with van der Waals surface area (Å²) in [6, 6.07) is 1.76. The number of hydrogen-bond acceptors (Lipinski definition) is 2. The predicted octanol–water partition coefficient (Wildman–Crippen LogP) is 4.11. The molecule has 1 fully saturated rings. The van der Waals surface area contributed by atoms with Crippen molar-refractivity contribution in [3.8, 4) is 5.75 Å². The fraction of sp³-hybridized carbons (Fsp3) is 0.625. The van der Waals surface area contributed by atoms with E-state index in [1.54, 1.807) is 20.8 Å². The zero-order chi connectivity index (χ0) is 16.5. The van der Waals surface area contributed by atoms with Gasteiger partial charge < -0.3 is 9.47 Å². The molecule has 1 saturated heterocycles. The lowest BCUT2D eigenvalue weighted by molar-refractivity contribution is 0.0234. The third kappa shape index (κ3) is 4.17. The topological polar surface area (TPSA) is 18.5 Å². The molecular formula is C16H22F2O2. The maximum atomic E-state index is 14.2. The summed E-state index contributed by atoms with van der Waals surface area (Å²) < 4.78 is 55.4. The Morgan fingerprint density at radius 1 is 1.30 bits per heavy atom. The molecule has 0 aromatic heterocycles. The van der Waals surface area contributed by atoms with Crippen molar-refractivity contribution in [3.63, 3.8) is 0 Å². The highest BCUT2D eigenvalue weighted by Crippen LogP contribution is 2.32. The second-order valence-corrected chi connectivity index (χ2v) is 6.07. The number of rotatable bonds is 3. The van der Waals surface area contributed by atoms with Gasteiger partial charge in [0.1, 0.15) is 11.9 Å². The van der Waals surface area contributed by atoms with Crippen LogP contribution in [0.15, 0.2) is 12.1 Å². The summed E-state index contributed by atoms with van der Waals surface area (Å²) in [6.45, 7) is 6.11. The summed E-state index contributed by atoms with van der Waals surface area (Å²) in [7, 11) is 0. The van der Waals surface area contributed by atoms with Crippen LogP contribution in [0.1, 0.15) is 41.9 Å². The molecular weight excluding hydrogens is 262 g/mol. The molecule has 112 valence electrons. The van der Waals surface area contributed by atoms with Crippen LogP contribution in [0, 0.1) is 17.0 Å². The normalized spacial score (nSPS) is 19.4. The molecule has 1 heterocycles. The molecule has 0 N–H and O–H groups in total. The average Bonchev–Trinajstić information content (AvgIpc) is 2.41. The van der Waals surface area contributed by atoms with Gasteiger partial charge in [-0.25, -0.2) is 8.78 Å². The van der Waals surface area contributed by atoms with Gasteiger partial charge in [0.2, 0.25) is 0 Å². The largest absolute Gasteiger partial charge is 0.487 e. The number of ether oxygens (including phenoxy) is 2. The molecule has 0 amide bonds. The van der Waals surface area contributed by atoms with E-state index >= 15 is 0 Å².